The number of nitrogens with zero attached hydrogens (tertiary/aromatic N) is 2. The maximum absolute atomic E-state index is 9.58. The molecule has 0 aliphatic carbocycles. The third-order valence-electron chi connectivity index (χ3n) is 3.54. The van der Waals surface area contributed by atoms with E-state index >= 15 is 0 Å². The fourth-order valence-electron chi connectivity index (χ4n) is 1.80. The summed E-state index contributed by atoms with van der Waals surface area (Å²) in [5.41, 5.74) is 0. The molecule has 0 aromatic rings. The molecule has 0 heterocycles. The molecule has 0 aromatic carbocycles. The number of hydrogen-bond acceptors (Lipinski definition) is 8. The third-order valence-corrected chi connectivity index (χ3v) is 9.02. The Morgan fingerprint density at radius 1 is 0.640 bits per heavy atom. The minimum atomic E-state index is -4.18. The van der Waals surface area contributed by atoms with Gasteiger partial charge in [0.25, 0.3) is 0 Å². The molecule has 25 heavy (non-hydrogen) atoms. The van der Waals surface area contributed by atoms with Crippen LogP contribution >= 0.6 is 0 Å². The van der Waals surface area contributed by atoms with Gasteiger partial charge in [-0.1, -0.05) is 0 Å². The molecule has 9 heteroatoms. The van der Waals surface area contributed by atoms with Crippen molar-refractivity contribution in [3.8, 4) is 0 Å². The summed E-state index contributed by atoms with van der Waals surface area (Å²) in [6.07, 6.45) is 3.84. The van der Waals surface area contributed by atoms with Crippen LogP contribution in [0, 0.1) is 0 Å². The quantitative estimate of drug-likeness (QED) is 0.246. The van der Waals surface area contributed by atoms with E-state index in [-0.39, 0.29) is 13.2 Å². The van der Waals surface area contributed by atoms with Gasteiger partial charge in [-0.3, -0.25) is 0 Å². The van der Waals surface area contributed by atoms with E-state index in [4.69, 9.17) is 11.3 Å². The Morgan fingerprint density at radius 2 is 1.00 bits per heavy atom. The predicted octanol–water partition coefficient (Wildman–Crippen LogP) is 2.89. The summed E-state index contributed by atoms with van der Waals surface area (Å²) in [7, 11) is 0. The van der Waals surface area contributed by atoms with Crippen molar-refractivity contribution >= 4 is 0 Å². The number of hydroxylamine groups is 4. The Kier molecular flexibility index (Phi) is 17.1. The van der Waals surface area contributed by atoms with E-state index in [1.807, 2.05) is 13.8 Å². The summed E-state index contributed by atoms with van der Waals surface area (Å²) < 4.78 is 23.9. The molecule has 0 unspecified atom stereocenters. The number of hydrogen-bond donors (Lipinski definition) is 2. The maximum atomic E-state index is 9.58. The van der Waals surface area contributed by atoms with E-state index in [1.54, 1.807) is 0 Å². The van der Waals surface area contributed by atoms with Crippen molar-refractivity contribution in [2.75, 3.05) is 52.6 Å². The van der Waals surface area contributed by atoms with Crippen LogP contribution in [0.25, 0.3) is 0 Å². The molecule has 0 radical (unpaired) electrons. The van der Waals surface area contributed by atoms with E-state index in [0.29, 0.717) is 39.4 Å². The van der Waals surface area contributed by atoms with E-state index in [2.05, 4.69) is 13.8 Å². The second kappa shape index (κ2) is 16.7. The molecule has 0 rings (SSSR count). The fourth-order valence-corrected chi connectivity index (χ4v) is 6.65. The van der Waals surface area contributed by atoms with Gasteiger partial charge in [0.1, 0.15) is 0 Å². The minimum absolute atomic E-state index is 0.287. The Balaban J connectivity index is 4.77. The molecule has 0 saturated heterocycles. The predicted molar refractivity (Wildman–Crippen MR) is 91.7 cm³/mol. The first-order chi connectivity index (χ1) is 12.0. The summed E-state index contributed by atoms with van der Waals surface area (Å²) in [5, 5.41) is 21.5. The van der Waals surface area contributed by atoms with Crippen LogP contribution in [0.3, 0.4) is 0 Å². The second-order valence-electron chi connectivity index (χ2n) is 5.69. The molecule has 0 spiro atoms. The van der Waals surface area contributed by atoms with Crippen LogP contribution in [0.1, 0.15) is 53.4 Å². The van der Waals surface area contributed by atoms with Crippen LogP contribution in [-0.2, 0) is 33.3 Å². The van der Waals surface area contributed by atoms with Gasteiger partial charge in [0.05, 0.1) is 0 Å². The first-order valence-electron chi connectivity index (χ1n) is 9.46. The topological polar surface area (TPSA) is 83.9 Å². The second-order valence-corrected chi connectivity index (χ2v) is 11.0. The van der Waals surface area contributed by atoms with Gasteiger partial charge in [0, 0.05) is 0 Å². The fraction of sp³-hybridized carbons (Fsp3) is 1.00. The van der Waals surface area contributed by atoms with Crippen molar-refractivity contribution in [1.82, 2.24) is 10.1 Å². The molecule has 0 amide bonds. The first kappa shape index (κ1) is 25.6. The molecular weight excluding hydrogens is 407 g/mol. The summed E-state index contributed by atoms with van der Waals surface area (Å²) in [6.45, 7) is 11.3. The zero-order valence-corrected chi connectivity index (χ0v) is 18.9. The zero-order chi connectivity index (χ0) is 19.0. The Bertz CT molecular complexity index is 274. The van der Waals surface area contributed by atoms with Crippen LogP contribution < -0.4 is 0 Å². The van der Waals surface area contributed by atoms with Crippen molar-refractivity contribution in [3.63, 3.8) is 0 Å². The number of rotatable bonds is 18. The van der Waals surface area contributed by atoms with Crippen molar-refractivity contribution in [3.05, 3.63) is 0 Å². The standard InChI is InChI=1S/2C4H10NO2.2C4H9O.Zr/c2*1-2-5(7)3-4-6;2*1-2-3-4-5;/h2*7H,2-4H2,1H3;2*2-4H2,1H3;/q4*-1;+4. The third kappa shape index (κ3) is 13.4. The monoisotopic (exact) mass is 444 g/mol. The van der Waals surface area contributed by atoms with Crippen LogP contribution in [-0.4, -0.2) is 73.1 Å². The van der Waals surface area contributed by atoms with Gasteiger partial charge in [-0.15, -0.1) is 0 Å². The van der Waals surface area contributed by atoms with Gasteiger partial charge >= 0.3 is 160 Å². The number of likely N-dealkylation sites (N-methyl/N-ethyl adjacent to an activating group) is 2. The molecule has 0 fully saturated rings. The van der Waals surface area contributed by atoms with Gasteiger partial charge in [0.15, 0.2) is 0 Å². The van der Waals surface area contributed by atoms with Gasteiger partial charge in [0.2, 0.25) is 0 Å². The molecule has 0 aliphatic rings. The Labute approximate surface area is 159 Å². The van der Waals surface area contributed by atoms with Gasteiger partial charge in [-0.05, 0) is 0 Å². The Morgan fingerprint density at radius 3 is 1.32 bits per heavy atom. The van der Waals surface area contributed by atoms with E-state index in [1.165, 1.54) is 10.1 Å². The molecule has 0 saturated carbocycles. The van der Waals surface area contributed by atoms with Gasteiger partial charge in [-0.2, -0.15) is 0 Å². The summed E-state index contributed by atoms with van der Waals surface area (Å²) in [4.78, 5) is 0. The van der Waals surface area contributed by atoms with Crippen LogP contribution in [0.5, 0.6) is 0 Å². The SMILES string of the molecule is CCCC[O][Zr]([O]CCCC)([O]CCN(O)CC)[O]CCN(O)CC. The van der Waals surface area contributed by atoms with Crippen molar-refractivity contribution in [2.24, 2.45) is 0 Å². The molecule has 0 bridgehead atoms. The number of unbranched alkanes of at least 4 members (excludes halogenated alkanes) is 2. The van der Waals surface area contributed by atoms with Crippen LogP contribution in [0.2, 0.25) is 0 Å². The first-order valence-corrected chi connectivity index (χ1v) is 13.5. The van der Waals surface area contributed by atoms with Crippen LogP contribution in [0.15, 0.2) is 0 Å². The van der Waals surface area contributed by atoms with Crippen molar-refractivity contribution in [2.45, 2.75) is 53.4 Å². The van der Waals surface area contributed by atoms with Gasteiger partial charge < -0.3 is 0 Å². The molecule has 8 nitrogen and oxygen atoms in total. The molecule has 152 valence electrons. The van der Waals surface area contributed by atoms with E-state index in [9.17, 15) is 10.4 Å². The normalized spacial score (nSPS) is 12.5. The Hall–Kier alpha value is 0.563. The average molecular weight is 446 g/mol. The van der Waals surface area contributed by atoms with Crippen molar-refractivity contribution in [1.29, 1.82) is 0 Å². The summed E-state index contributed by atoms with van der Waals surface area (Å²) in [6, 6.07) is 0. The summed E-state index contributed by atoms with van der Waals surface area (Å²) >= 11 is -4.18. The molecule has 0 aromatic heterocycles. The summed E-state index contributed by atoms with van der Waals surface area (Å²) in [5.74, 6) is 0. The van der Waals surface area contributed by atoms with Crippen LogP contribution in [0.4, 0.5) is 0 Å². The molecule has 2 N–H and O–H groups in total. The molecular formula is C16H38N2O6Zr. The van der Waals surface area contributed by atoms with Crippen molar-refractivity contribution < 1.29 is 43.7 Å². The molecule has 0 aliphatic heterocycles. The zero-order valence-electron chi connectivity index (χ0n) is 16.4. The van der Waals surface area contributed by atoms with E-state index < -0.39 is 22.0 Å². The average Bonchev–Trinajstić information content (AvgIpc) is 2.61. The molecule has 0 atom stereocenters. The van der Waals surface area contributed by atoms with E-state index in [0.717, 1.165) is 25.7 Å². The van der Waals surface area contributed by atoms with Gasteiger partial charge in [-0.25, -0.2) is 0 Å².